The highest BCUT2D eigenvalue weighted by molar-refractivity contribution is 5.87. The molecule has 0 heterocycles. The number of aliphatic hydroxyl groups excluding tert-OH is 1. The molecule has 0 saturated heterocycles. The van der Waals surface area contributed by atoms with Gasteiger partial charge in [0.25, 0.3) is 0 Å². The standard InChI is InChI=1S/C30H44O5/c1-25(2)20-9-10-28(5)21(29(20,6)23(33)15-22(25)32)8-7-18-19-16-26(3,17-31)11-13-30(19,24(34)35)14-12-27(18,28)4/h7,17,19-22,32H,8-16H2,1-6H3,(H,34,35). The fraction of sp³-hybridized carbons (Fsp3) is 0.833. The summed E-state index contributed by atoms with van der Waals surface area (Å²) in [6.07, 6.45) is 8.88. The topological polar surface area (TPSA) is 91.7 Å². The van der Waals surface area contributed by atoms with Crippen molar-refractivity contribution in [2.75, 3.05) is 0 Å². The monoisotopic (exact) mass is 484 g/mol. The minimum absolute atomic E-state index is 0.129. The van der Waals surface area contributed by atoms with Crippen molar-refractivity contribution in [3.8, 4) is 0 Å². The van der Waals surface area contributed by atoms with Crippen molar-refractivity contribution in [1.82, 2.24) is 0 Å². The molecule has 5 heteroatoms. The summed E-state index contributed by atoms with van der Waals surface area (Å²) in [5.41, 5.74) is -1.15. The Balaban J connectivity index is 1.63. The van der Waals surface area contributed by atoms with Gasteiger partial charge in [0.05, 0.1) is 11.5 Å². The van der Waals surface area contributed by atoms with E-state index in [4.69, 9.17) is 0 Å². The third-order valence-electron chi connectivity index (χ3n) is 13.0. The number of Topliss-reactive ketones (excluding diaryl/α,β-unsaturated/α-hetero) is 1. The van der Waals surface area contributed by atoms with Crippen molar-refractivity contribution in [3.05, 3.63) is 11.6 Å². The largest absolute Gasteiger partial charge is 0.481 e. The smallest absolute Gasteiger partial charge is 0.310 e. The molecule has 5 nitrogen and oxygen atoms in total. The number of carboxylic acids is 1. The molecule has 5 aliphatic rings. The Kier molecular flexibility index (Phi) is 5.25. The number of allylic oxidation sites excluding steroid dienone is 2. The number of carbonyl (C=O) groups is 3. The lowest BCUT2D eigenvalue weighted by atomic mass is 9.33. The minimum atomic E-state index is -0.787. The lowest BCUT2D eigenvalue weighted by molar-refractivity contribution is -0.203. The van der Waals surface area contributed by atoms with Crippen molar-refractivity contribution >= 4 is 18.0 Å². The number of carboxylic acid groups (broad SMARTS) is 1. The molecule has 0 aromatic carbocycles. The van der Waals surface area contributed by atoms with Crippen LogP contribution in [-0.4, -0.2) is 34.4 Å². The first-order valence-electron chi connectivity index (χ1n) is 13.7. The Morgan fingerprint density at radius 1 is 1.00 bits per heavy atom. The zero-order valence-corrected chi connectivity index (χ0v) is 22.4. The van der Waals surface area contributed by atoms with E-state index in [0.29, 0.717) is 25.7 Å². The van der Waals surface area contributed by atoms with Crippen LogP contribution in [0.25, 0.3) is 0 Å². The first-order chi connectivity index (χ1) is 16.1. The van der Waals surface area contributed by atoms with Crippen molar-refractivity contribution < 1.29 is 24.6 Å². The van der Waals surface area contributed by atoms with Crippen LogP contribution in [0.3, 0.4) is 0 Å². The molecule has 4 saturated carbocycles. The molecule has 0 bridgehead atoms. The van der Waals surface area contributed by atoms with Gasteiger partial charge < -0.3 is 15.0 Å². The summed E-state index contributed by atoms with van der Waals surface area (Å²) >= 11 is 0. The lowest BCUT2D eigenvalue weighted by Crippen LogP contribution is -2.67. The van der Waals surface area contributed by atoms with Crippen molar-refractivity contribution in [3.63, 3.8) is 0 Å². The van der Waals surface area contributed by atoms with Gasteiger partial charge in [-0.1, -0.05) is 53.2 Å². The first kappa shape index (κ1) is 25.2. The molecule has 9 unspecified atom stereocenters. The van der Waals surface area contributed by atoms with E-state index in [1.165, 1.54) is 5.57 Å². The van der Waals surface area contributed by atoms with Gasteiger partial charge in [-0.05, 0) is 85.4 Å². The van der Waals surface area contributed by atoms with Gasteiger partial charge in [0.1, 0.15) is 12.1 Å². The second kappa shape index (κ2) is 7.30. The second-order valence-corrected chi connectivity index (χ2v) is 14.5. The van der Waals surface area contributed by atoms with Crippen LogP contribution < -0.4 is 0 Å². The zero-order valence-electron chi connectivity index (χ0n) is 22.4. The number of rotatable bonds is 2. The van der Waals surface area contributed by atoms with Crippen molar-refractivity contribution in [2.24, 2.45) is 50.2 Å². The highest BCUT2D eigenvalue weighted by Gasteiger charge is 2.71. The molecule has 0 aromatic rings. The number of ketones is 1. The fourth-order valence-electron chi connectivity index (χ4n) is 10.3. The summed E-state index contributed by atoms with van der Waals surface area (Å²) < 4.78 is 0. The average Bonchev–Trinajstić information content (AvgIpc) is 2.78. The van der Waals surface area contributed by atoms with Crippen LogP contribution >= 0.6 is 0 Å². The van der Waals surface area contributed by atoms with Gasteiger partial charge in [-0.15, -0.1) is 0 Å². The number of aliphatic carboxylic acids is 1. The molecule has 5 aliphatic carbocycles. The SMILES string of the molecule is CC1(C=O)CCC2(C(=O)O)CCC3(C)C(=CCC4C5(C)C(=O)CC(O)C(C)(C)C5CCC43C)C2C1. The predicted molar refractivity (Wildman–Crippen MR) is 133 cm³/mol. The molecule has 0 aliphatic heterocycles. The molecule has 0 amide bonds. The fourth-order valence-corrected chi connectivity index (χ4v) is 10.3. The Morgan fingerprint density at radius 3 is 2.29 bits per heavy atom. The number of fused-ring (bicyclic) bond motifs is 7. The maximum Gasteiger partial charge on any atom is 0.310 e. The summed E-state index contributed by atoms with van der Waals surface area (Å²) in [5.74, 6) is -0.337. The number of aliphatic hydroxyl groups is 1. The summed E-state index contributed by atoms with van der Waals surface area (Å²) in [4.78, 5) is 38.5. The molecule has 0 radical (unpaired) electrons. The molecule has 2 N–H and O–H groups in total. The summed E-state index contributed by atoms with van der Waals surface area (Å²) in [6, 6.07) is 0. The van der Waals surface area contributed by atoms with Gasteiger partial charge in [-0.2, -0.15) is 0 Å². The molecule has 0 aromatic heterocycles. The van der Waals surface area contributed by atoms with Crippen LogP contribution in [0.5, 0.6) is 0 Å². The van der Waals surface area contributed by atoms with Crippen LogP contribution in [0.1, 0.15) is 99.3 Å². The second-order valence-electron chi connectivity index (χ2n) is 14.5. The summed E-state index contributed by atoms with van der Waals surface area (Å²) in [7, 11) is 0. The Morgan fingerprint density at radius 2 is 1.66 bits per heavy atom. The number of hydrogen-bond donors (Lipinski definition) is 2. The van der Waals surface area contributed by atoms with Gasteiger partial charge in [-0.3, -0.25) is 9.59 Å². The van der Waals surface area contributed by atoms with Crippen molar-refractivity contribution in [1.29, 1.82) is 0 Å². The van der Waals surface area contributed by atoms with Gasteiger partial charge in [0, 0.05) is 17.3 Å². The quantitative estimate of drug-likeness (QED) is 0.394. The van der Waals surface area contributed by atoms with E-state index in [0.717, 1.165) is 32.0 Å². The third-order valence-corrected chi connectivity index (χ3v) is 13.0. The van der Waals surface area contributed by atoms with E-state index in [-0.39, 0.29) is 46.2 Å². The van der Waals surface area contributed by atoms with Crippen LogP contribution in [0.15, 0.2) is 11.6 Å². The molecule has 35 heavy (non-hydrogen) atoms. The van der Waals surface area contributed by atoms with Crippen molar-refractivity contribution in [2.45, 2.75) is 105 Å². The highest BCUT2D eigenvalue weighted by Crippen LogP contribution is 2.75. The van der Waals surface area contributed by atoms with Crippen LogP contribution in [0, 0.1) is 50.2 Å². The van der Waals surface area contributed by atoms with E-state index < -0.39 is 28.3 Å². The van der Waals surface area contributed by atoms with Crippen LogP contribution in [-0.2, 0) is 14.4 Å². The molecule has 194 valence electrons. The van der Waals surface area contributed by atoms with Gasteiger partial charge in [0.2, 0.25) is 0 Å². The maximum atomic E-state index is 13.7. The van der Waals surface area contributed by atoms with E-state index in [2.05, 4.69) is 40.7 Å². The molecule has 0 spiro atoms. The predicted octanol–water partition coefficient (Wildman–Crippen LogP) is 5.59. The highest BCUT2D eigenvalue weighted by atomic mass is 16.4. The van der Waals surface area contributed by atoms with Gasteiger partial charge in [0.15, 0.2) is 0 Å². The van der Waals surface area contributed by atoms with E-state index in [9.17, 15) is 24.6 Å². The Labute approximate surface area is 210 Å². The third kappa shape index (κ3) is 2.88. The van der Waals surface area contributed by atoms with Gasteiger partial charge >= 0.3 is 5.97 Å². The number of aldehydes is 1. The Bertz CT molecular complexity index is 1010. The minimum Gasteiger partial charge on any atom is -0.481 e. The zero-order chi connectivity index (χ0) is 25.8. The Hall–Kier alpha value is -1.49. The van der Waals surface area contributed by atoms with E-state index in [1.54, 1.807) is 0 Å². The molecule has 4 fully saturated rings. The molecular formula is C30H44O5. The maximum absolute atomic E-state index is 13.7. The molecule has 9 atom stereocenters. The number of carbonyl (C=O) groups excluding carboxylic acids is 2. The van der Waals surface area contributed by atoms with Crippen LogP contribution in [0.4, 0.5) is 0 Å². The average molecular weight is 485 g/mol. The lowest BCUT2D eigenvalue weighted by Gasteiger charge is -2.70. The normalized spacial score (nSPS) is 52.8. The number of hydrogen-bond acceptors (Lipinski definition) is 4. The molecular weight excluding hydrogens is 440 g/mol. The molecule has 5 rings (SSSR count). The summed E-state index contributed by atoms with van der Waals surface area (Å²) in [6.45, 7) is 13.1. The van der Waals surface area contributed by atoms with E-state index >= 15 is 0 Å². The van der Waals surface area contributed by atoms with Gasteiger partial charge in [-0.25, -0.2) is 0 Å². The first-order valence-corrected chi connectivity index (χ1v) is 13.7. The summed E-state index contributed by atoms with van der Waals surface area (Å²) in [5, 5.41) is 21.3. The van der Waals surface area contributed by atoms with E-state index in [1.807, 2.05) is 6.92 Å². The van der Waals surface area contributed by atoms with Crippen LogP contribution in [0.2, 0.25) is 0 Å².